The van der Waals surface area contributed by atoms with Crippen LogP contribution in [0.4, 0.5) is 11.4 Å². The number of rotatable bonds is 5. The zero-order valence-corrected chi connectivity index (χ0v) is 16.7. The van der Waals surface area contributed by atoms with Crippen LogP contribution >= 0.6 is 23.2 Å². The van der Waals surface area contributed by atoms with E-state index in [1.807, 2.05) is 0 Å². The molecule has 2 N–H and O–H groups in total. The highest BCUT2D eigenvalue weighted by molar-refractivity contribution is 6.34. The van der Waals surface area contributed by atoms with Crippen molar-refractivity contribution in [2.24, 2.45) is 0 Å². The van der Waals surface area contributed by atoms with Gasteiger partial charge in [-0.15, -0.1) is 5.10 Å². The lowest BCUT2D eigenvalue weighted by molar-refractivity contribution is -0.115. The van der Waals surface area contributed by atoms with E-state index in [2.05, 4.69) is 20.8 Å². The van der Waals surface area contributed by atoms with Gasteiger partial charge in [0.25, 0.3) is 5.91 Å². The summed E-state index contributed by atoms with van der Waals surface area (Å²) in [5, 5.41) is 14.8. The summed E-state index contributed by atoms with van der Waals surface area (Å²) in [6.45, 7) is 3.43. The van der Waals surface area contributed by atoms with Crippen molar-refractivity contribution in [1.29, 1.82) is 0 Å². The molecule has 0 atom stereocenters. The van der Waals surface area contributed by atoms with Gasteiger partial charge in [-0.25, -0.2) is 0 Å². The third kappa shape index (κ3) is 4.49. The standard InChI is InChI=1S/C19H17Cl2N5O2/c1-3-17(27)22-13-7-8-15(21)16(10-13)23-19(28)18-11(2)24-26(25-18)14-6-4-5-12(20)9-14/h4-10H,3H2,1-2H3,(H,22,27)(H,23,28). The Balaban J connectivity index is 1.84. The average Bonchev–Trinajstić information content (AvgIpc) is 3.06. The number of aryl methyl sites for hydroxylation is 1. The number of benzene rings is 2. The number of hydrogen-bond acceptors (Lipinski definition) is 4. The number of anilines is 2. The molecule has 28 heavy (non-hydrogen) atoms. The Morgan fingerprint density at radius 3 is 2.57 bits per heavy atom. The van der Waals surface area contributed by atoms with Crippen molar-refractivity contribution < 1.29 is 9.59 Å². The molecule has 9 heteroatoms. The summed E-state index contributed by atoms with van der Waals surface area (Å²) in [4.78, 5) is 25.6. The number of aromatic nitrogens is 3. The lowest BCUT2D eigenvalue weighted by Crippen LogP contribution is -2.15. The Kier molecular flexibility index (Phi) is 5.96. The molecule has 0 radical (unpaired) electrons. The molecule has 0 unspecified atom stereocenters. The number of carbonyl (C=O) groups is 2. The van der Waals surface area contributed by atoms with Crippen LogP contribution in [0.25, 0.3) is 5.69 Å². The second-order valence-corrected chi connectivity index (χ2v) is 6.80. The summed E-state index contributed by atoms with van der Waals surface area (Å²) >= 11 is 12.2. The van der Waals surface area contributed by atoms with Gasteiger partial charge in [0.05, 0.1) is 22.1 Å². The number of halogens is 2. The molecule has 0 aliphatic carbocycles. The van der Waals surface area contributed by atoms with Gasteiger partial charge in [0.2, 0.25) is 5.91 Å². The third-order valence-electron chi connectivity index (χ3n) is 3.86. The number of amides is 2. The summed E-state index contributed by atoms with van der Waals surface area (Å²) in [5.41, 5.74) is 2.13. The fourth-order valence-electron chi connectivity index (χ4n) is 2.43. The van der Waals surface area contributed by atoms with Crippen LogP contribution in [0.1, 0.15) is 29.5 Å². The molecule has 2 aromatic carbocycles. The fraction of sp³-hybridized carbons (Fsp3) is 0.158. The fourth-order valence-corrected chi connectivity index (χ4v) is 2.78. The first kappa shape index (κ1) is 19.9. The van der Waals surface area contributed by atoms with E-state index < -0.39 is 5.91 Å². The van der Waals surface area contributed by atoms with Gasteiger partial charge >= 0.3 is 0 Å². The van der Waals surface area contributed by atoms with Crippen molar-refractivity contribution in [1.82, 2.24) is 15.0 Å². The largest absolute Gasteiger partial charge is 0.326 e. The zero-order valence-electron chi connectivity index (χ0n) is 15.2. The highest BCUT2D eigenvalue weighted by Gasteiger charge is 2.18. The van der Waals surface area contributed by atoms with E-state index in [4.69, 9.17) is 23.2 Å². The maximum absolute atomic E-state index is 12.7. The van der Waals surface area contributed by atoms with E-state index in [0.29, 0.717) is 39.2 Å². The maximum atomic E-state index is 12.7. The Morgan fingerprint density at radius 2 is 1.86 bits per heavy atom. The SMILES string of the molecule is CCC(=O)Nc1ccc(Cl)c(NC(=O)c2nn(-c3cccc(Cl)c3)nc2C)c1. The molecule has 144 valence electrons. The van der Waals surface area contributed by atoms with Crippen molar-refractivity contribution in [2.45, 2.75) is 20.3 Å². The Labute approximate surface area is 171 Å². The molecule has 1 aromatic heterocycles. The molecule has 3 aromatic rings. The van der Waals surface area contributed by atoms with Gasteiger partial charge in [-0.1, -0.05) is 36.2 Å². The van der Waals surface area contributed by atoms with Gasteiger partial charge in [0.15, 0.2) is 5.69 Å². The normalized spacial score (nSPS) is 10.6. The first-order valence-corrected chi connectivity index (χ1v) is 9.23. The second-order valence-electron chi connectivity index (χ2n) is 5.95. The van der Waals surface area contributed by atoms with Crippen LogP contribution < -0.4 is 10.6 Å². The van der Waals surface area contributed by atoms with E-state index in [0.717, 1.165) is 0 Å². The summed E-state index contributed by atoms with van der Waals surface area (Å²) < 4.78 is 0. The van der Waals surface area contributed by atoms with Gasteiger partial charge in [-0.3, -0.25) is 9.59 Å². The van der Waals surface area contributed by atoms with Crippen molar-refractivity contribution in [2.75, 3.05) is 10.6 Å². The van der Waals surface area contributed by atoms with Crippen LogP contribution in [0.5, 0.6) is 0 Å². The molecule has 0 aliphatic rings. The van der Waals surface area contributed by atoms with Crippen LogP contribution in [-0.2, 0) is 4.79 Å². The van der Waals surface area contributed by atoms with Crippen LogP contribution in [0.15, 0.2) is 42.5 Å². The lowest BCUT2D eigenvalue weighted by atomic mass is 10.2. The molecular weight excluding hydrogens is 401 g/mol. The van der Waals surface area contributed by atoms with Gasteiger partial charge in [0.1, 0.15) is 0 Å². The molecular formula is C19H17Cl2N5O2. The minimum absolute atomic E-state index is 0.139. The van der Waals surface area contributed by atoms with Crippen LogP contribution in [0.3, 0.4) is 0 Å². The molecule has 3 rings (SSSR count). The monoisotopic (exact) mass is 417 g/mol. The molecule has 2 amide bonds. The number of carbonyl (C=O) groups excluding carboxylic acids is 2. The third-order valence-corrected chi connectivity index (χ3v) is 4.42. The molecule has 0 saturated heterocycles. The molecule has 1 heterocycles. The van der Waals surface area contributed by atoms with Gasteiger partial charge in [-0.05, 0) is 43.3 Å². The Bertz CT molecular complexity index is 1050. The van der Waals surface area contributed by atoms with Crippen LogP contribution in [0.2, 0.25) is 10.0 Å². The topological polar surface area (TPSA) is 88.9 Å². The minimum atomic E-state index is -0.466. The molecule has 0 spiro atoms. The Morgan fingerprint density at radius 1 is 1.07 bits per heavy atom. The number of hydrogen-bond donors (Lipinski definition) is 2. The molecule has 0 bridgehead atoms. The van der Waals surface area contributed by atoms with Crippen molar-refractivity contribution in [3.63, 3.8) is 0 Å². The number of nitrogens with zero attached hydrogens (tertiary/aromatic N) is 3. The Hall–Kier alpha value is -2.90. The van der Waals surface area contributed by atoms with Gasteiger partial charge in [-0.2, -0.15) is 9.90 Å². The van der Waals surface area contributed by atoms with Gasteiger partial charge < -0.3 is 10.6 Å². The average molecular weight is 418 g/mol. The maximum Gasteiger partial charge on any atom is 0.278 e. The molecule has 0 fully saturated rings. The summed E-state index contributed by atoms with van der Waals surface area (Å²) in [5.74, 6) is -0.605. The molecule has 7 nitrogen and oxygen atoms in total. The minimum Gasteiger partial charge on any atom is -0.326 e. The van der Waals surface area contributed by atoms with Crippen molar-refractivity contribution in [3.8, 4) is 5.69 Å². The predicted molar refractivity (Wildman–Crippen MR) is 109 cm³/mol. The molecule has 0 saturated carbocycles. The van der Waals surface area contributed by atoms with Gasteiger partial charge in [0, 0.05) is 17.1 Å². The van der Waals surface area contributed by atoms with Crippen LogP contribution in [0, 0.1) is 6.92 Å². The second kappa shape index (κ2) is 8.41. The van der Waals surface area contributed by atoms with E-state index in [-0.39, 0.29) is 11.6 Å². The van der Waals surface area contributed by atoms with Crippen LogP contribution in [-0.4, -0.2) is 26.8 Å². The summed E-state index contributed by atoms with van der Waals surface area (Å²) in [6.07, 6.45) is 0.343. The van der Waals surface area contributed by atoms with E-state index in [1.165, 1.54) is 4.80 Å². The zero-order chi connectivity index (χ0) is 20.3. The predicted octanol–water partition coefficient (Wildman–Crippen LogP) is 4.48. The molecule has 0 aliphatic heterocycles. The van der Waals surface area contributed by atoms with Crippen molar-refractivity contribution >= 4 is 46.4 Å². The number of nitrogens with one attached hydrogen (secondary N) is 2. The quantitative estimate of drug-likeness (QED) is 0.639. The van der Waals surface area contributed by atoms with E-state index >= 15 is 0 Å². The first-order valence-electron chi connectivity index (χ1n) is 8.48. The summed E-state index contributed by atoms with van der Waals surface area (Å²) in [6, 6.07) is 11.8. The first-order chi connectivity index (χ1) is 13.4. The highest BCUT2D eigenvalue weighted by atomic mass is 35.5. The summed E-state index contributed by atoms with van der Waals surface area (Å²) in [7, 11) is 0. The van der Waals surface area contributed by atoms with E-state index in [1.54, 1.807) is 56.3 Å². The smallest absolute Gasteiger partial charge is 0.278 e. The van der Waals surface area contributed by atoms with E-state index in [9.17, 15) is 9.59 Å². The highest BCUT2D eigenvalue weighted by Crippen LogP contribution is 2.26. The van der Waals surface area contributed by atoms with Crippen molar-refractivity contribution in [3.05, 3.63) is 63.9 Å². The lowest BCUT2D eigenvalue weighted by Gasteiger charge is -2.09.